The van der Waals surface area contributed by atoms with Crippen LogP contribution < -0.4 is 10.1 Å². The van der Waals surface area contributed by atoms with Gasteiger partial charge in [0.25, 0.3) is 5.91 Å². The third-order valence-electron chi connectivity index (χ3n) is 4.93. The van der Waals surface area contributed by atoms with Gasteiger partial charge in [0.2, 0.25) is 0 Å². The van der Waals surface area contributed by atoms with Gasteiger partial charge < -0.3 is 15.0 Å². The zero-order chi connectivity index (χ0) is 18.1. The van der Waals surface area contributed by atoms with E-state index in [4.69, 9.17) is 4.74 Å². The lowest BCUT2D eigenvalue weighted by Crippen LogP contribution is -2.42. The Morgan fingerprint density at radius 3 is 2.85 bits per heavy atom. The van der Waals surface area contributed by atoms with E-state index in [1.54, 1.807) is 4.90 Å². The fourth-order valence-electron chi connectivity index (χ4n) is 3.48. The largest absolute Gasteiger partial charge is 0.487 e. The lowest BCUT2D eigenvalue weighted by atomic mass is 10.0. The van der Waals surface area contributed by atoms with E-state index in [9.17, 15) is 13.6 Å². The first-order valence-electron chi connectivity index (χ1n) is 8.79. The Morgan fingerprint density at radius 2 is 2.08 bits per heavy atom. The zero-order valence-electron chi connectivity index (χ0n) is 14.2. The lowest BCUT2D eigenvalue weighted by molar-refractivity contribution is 0.0581. The van der Waals surface area contributed by atoms with Crippen molar-refractivity contribution in [1.29, 1.82) is 0 Å². The van der Waals surface area contributed by atoms with E-state index in [0.717, 1.165) is 30.3 Å². The first-order valence-corrected chi connectivity index (χ1v) is 8.79. The summed E-state index contributed by atoms with van der Waals surface area (Å²) in [5.74, 6) is -1.38. The van der Waals surface area contributed by atoms with E-state index in [1.807, 2.05) is 0 Å². The number of amides is 1. The second kappa shape index (κ2) is 7.03. The van der Waals surface area contributed by atoms with Gasteiger partial charge in [-0.2, -0.15) is 5.10 Å². The smallest absolute Gasteiger partial charge is 0.274 e. The van der Waals surface area contributed by atoms with E-state index in [2.05, 4.69) is 15.5 Å². The molecule has 1 aromatic heterocycles. The molecular formula is C18H20F2N4O2. The summed E-state index contributed by atoms with van der Waals surface area (Å²) < 4.78 is 32.3. The predicted octanol–water partition coefficient (Wildman–Crippen LogP) is 2.02. The maximum absolute atomic E-state index is 13.7. The number of carbonyl (C=O) groups is 1. The molecule has 0 saturated carbocycles. The molecule has 3 heterocycles. The monoisotopic (exact) mass is 362 g/mol. The molecule has 0 spiro atoms. The van der Waals surface area contributed by atoms with Gasteiger partial charge in [-0.15, -0.1) is 0 Å². The summed E-state index contributed by atoms with van der Waals surface area (Å²) in [7, 11) is 0. The van der Waals surface area contributed by atoms with Crippen LogP contribution >= 0.6 is 0 Å². The van der Waals surface area contributed by atoms with Crippen LogP contribution in [0, 0.1) is 11.6 Å². The van der Waals surface area contributed by atoms with Gasteiger partial charge in [-0.1, -0.05) is 0 Å². The van der Waals surface area contributed by atoms with Crippen LogP contribution in [0.1, 0.15) is 34.6 Å². The highest BCUT2D eigenvalue weighted by Gasteiger charge is 2.29. The number of halogens is 2. The number of aromatic nitrogens is 2. The molecule has 0 bridgehead atoms. The third kappa shape index (κ3) is 3.29. The summed E-state index contributed by atoms with van der Waals surface area (Å²) in [6.07, 6.45) is 1.82. The Labute approximate surface area is 149 Å². The summed E-state index contributed by atoms with van der Waals surface area (Å²) in [4.78, 5) is 14.5. The summed E-state index contributed by atoms with van der Waals surface area (Å²) in [5, 5.41) is 10.4. The highest BCUT2D eigenvalue weighted by Crippen LogP contribution is 2.24. The molecule has 2 N–H and O–H groups in total. The van der Waals surface area contributed by atoms with Crippen LogP contribution in [0.2, 0.25) is 0 Å². The number of benzene rings is 1. The number of H-pyrrole nitrogens is 1. The number of fused-ring (bicyclic) bond motifs is 1. The second-order valence-electron chi connectivity index (χ2n) is 6.64. The molecule has 0 atom stereocenters. The van der Waals surface area contributed by atoms with Gasteiger partial charge in [0.15, 0.2) is 17.3 Å². The van der Waals surface area contributed by atoms with Crippen molar-refractivity contribution in [3.8, 4) is 5.75 Å². The van der Waals surface area contributed by atoms with E-state index >= 15 is 0 Å². The van der Waals surface area contributed by atoms with Crippen molar-refractivity contribution in [1.82, 2.24) is 20.4 Å². The zero-order valence-corrected chi connectivity index (χ0v) is 14.2. The van der Waals surface area contributed by atoms with Gasteiger partial charge in [-0.3, -0.25) is 9.89 Å². The van der Waals surface area contributed by atoms with Crippen LogP contribution in [0.15, 0.2) is 18.2 Å². The molecule has 1 amide bonds. The summed E-state index contributed by atoms with van der Waals surface area (Å²) in [5.41, 5.74) is 2.46. The molecule has 4 rings (SSSR count). The van der Waals surface area contributed by atoms with Crippen molar-refractivity contribution in [2.75, 3.05) is 19.6 Å². The molecule has 1 saturated heterocycles. The Balaban J connectivity index is 1.37. The molecule has 6 nitrogen and oxygen atoms in total. The number of hydrogen-bond donors (Lipinski definition) is 2. The molecule has 138 valence electrons. The van der Waals surface area contributed by atoms with Crippen LogP contribution in [0.5, 0.6) is 5.75 Å². The number of hydrogen-bond acceptors (Lipinski definition) is 4. The molecule has 1 aromatic carbocycles. The standard InChI is InChI=1S/C18H20F2N4O2/c19-11-1-2-16(14(20)9-11)26-12-4-7-24(8-5-12)18(25)17-13-10-21-6-3-15(13)22-23-17/h1-2,9,12,21H,3-8,10H2,(H,22,23). The van der Waals surface area contributed by atoms with E-state index in [0.29, 0.717) is 38.2 Å². The summed E-state index contributed by atoms with van der Waals surface area (Å²) in [6.45, 7) is 2.56. The SMILES string of the molecule is O=C(c1n[nH]c2c1CNCC2)N1CCC(Oc2ccc(F)cc2F)CC1. The number of nitrogens with one attached hydrogen (secondary N) is 2. The Morgan fingerprint density at radius 1 is 1.27 bits per heavy atom. The minimum atomic E-state index is -0.709. The van der Waals surface area contributed by atoms with Crippen molar-refractivity contribution < 1.29 is 18.3 Å². The van der Waals surface area contributed by atoms with Crippen LogP contribution in [0.3, 0.4) is 0 Å². The summed E-state index contributed by atoms with van der Waals surface area (Å²) in [6, 6.07) is 3.28. The molecule has 26 heavy (non-hydrogen) atoms. The first kappa shape index (κ1) is 17.0. The number of aromatic amines is 1. The fourth-order valence-corrected chi connectivity index (χ4v) is 3.48. The maximum Gasteiger partial charge on any atom is 0.274 e. The molecule has 0 aliphatic carbocycles. The Kier molecular flexibility index (Phi) is 4.58. The maximum atomic E-state index is 13.7. The van der Waals surface area contributed by atoms with Gasteiger partial charge in [0, 0.05) is 62.8 Å². The predicted molar refractivity (Wildman–Crippen MR) is 89.9 cm³/mol. The topological polar surface area (TPSA) is 70.2 Å². The summed E-state index contributed by atoms with van der Waals surface area (Å²) >= 11 is 0. The minimum Gasteiger partial charge on any atom is -0.487 e. The van der Waals surface area contributed by atoms with Gasteiger partial charge in [0.05, 0.1) is 0 Å². The highest BCUT2D eigenvalue weighted by molar-refractivity contribution is 5.94. The van der Waals surface area contributed by atoms with Crippen molar-refractivity contribution in [2.24, 2.45) is 0 Å². The molecule has 2 aromatic rings. The third-order valence-corrected chi connectivity index (χ3v) is 4.93. The average molecular weight is 362 g/mol. The minimum absolute atomic E-state index is 0.0450. The Hall–Kier alpha value is -2.48. The first-order chi connectivity index (χ1) is 12.6. The molecule has 0 unspecified atom stereocenters. The quantitative estimate of drug-likeness (QED) is 0.876. The van der Waals surface area contributed by atoms with Crippen molar-refractivity contribution in [3.05, 3.63) is 46.8 Å². The van der Waals surface area contributed by atoms with Crippen molar-refractivity contribution in [3.63, 3.8) is 0 Å². The van der Waals surface area contributed by atoms with E-state index < -0.39 is 11.6 Å². The second-order valence-corrected chi connectivity index (χ2v) is 6.64. The molecular weight excluding hydrogens is 342 g/mol. The van der Waals surface area contributed by atoms with Crippen molar-refractivity contribution in [2.45, 2.75) is 31.9 Å². The molecule has 8 heteroatoms. The molecule has 2 aliphatic rings. The van der Waals surface area contributed by atoms with Crippen molar-refractivity contribution >= 4 is 5.91 Å². The molecule has 1 fully saturated rings. The lowest BCUT2D eigenvalue weighted by Gasteiger charge is -2.32. The average Bonchev–Trinajstić information content (AvgIpc) is 3.08. The number of rotatable bonds is 3. The molecule has 0 radical (unpaired) electrons. The van der Waals surface area contributed by atoms with Crippen LogP contribution in [0.25, 0.3) is 0 Å². The van der Waals surface area contributed by atoms with E-state index in [-0.39, 0.29) is 17.8 Å². The van der Waals surface area contributed by atoms with Gasteiger partial charge >= 0.3 is 0 Å². The van der Waals surface area contributed by atoms with Gasteiger partial charge in [-0.05, 0) is 12.1 Å². The van der Waals surface area contributed by atoms with Crippen LogP contribution in [0.4, 0.5) is 8.78 Å². The normalized spacial score (nSPS) is 17.8. The Bertz CT molecular complexity index is 816. The molecule has 2 aliphatic heterocycles. The number of likely N-dealkylation sites (tertiary alicyclic amines) is 1. The van der Waals surface area contributed by atoms with E-state index in [1.165, 1.54) is 12.1 Å². The van der Waals surface area contributed by atoms with Crippen LogP contribution in [-0.4, -0.2) is 46.7 Å². The number of carbonyl (C=O) groups excluding carboxylic acids is 1. The number of ether oxygens (including phenoxy) is 1. The number of piperidine rings is 1. The fraction of sp³-hybridized carbons (Fsp3) is 0.444. The van der Waals surface area contributed by atoms with Gasteiger partial charge in [-0.25, -0.2) is 8.78 Å². The van der Waals surface area contributed by atoms with Gasteiger partial charge in [0.1, 0.15) is 11.9 Å². The highest BCUT2D eigenvalue weighted by atomic mass is 19.1. The number of nitrogens with zero attached hydrogens (tertiary/aromatic N) is 2. The van der Waals surface area contributed by atoms with Crippen LogP contribution in [-0.2, 0) is 13.0 Å².